The van der Waals surface area contributed by atoms with Gasteiger partial charge in [0.25, 0.3) is 5.91 Å². The molecule has 1 aromatic heterocycles. The van der Waals surface area contributed by atoms with Crippen LogP contribution in [0.15, 0.2) is 30.3 Å². The highest BCUT2D eigenvalue weighted by Gasteiger charge is 2.44. The predicted octanol–water partition coefficient (Wildman–Crippen LogP) is 2.78. The molecule has 1 aliphatic rings. The minimum absolute atomic E-state index is 0.0493. The number of rotatable bonds is 4. The van der Waals surface area contributed by atoms with Crippen molar-refractivity contribution >= 4 is 11.9 Å². The number of aromatic nitrogens is 2. The van der Waals surface area contributed by atoms with E-state index in [0.29, 0.717) is 31.5 Å². The third-order valence-corrected chi connectivity index (χ3v) is 5.53. The van der Waals surface area contributed by atoms with Crippen LogP contribution in [0.2, 0.25) is 0 Å². The summed E-state index contributed by atoms with van der Waals surface area (Å²) in [6, 6.07) is 9.35. The number of aryl methyl sites for hydroxylation is 2. The van der Waals surface area contributed by atoms with E-state index in [9.17, 15) is 14.7 Å². The van der Waals surface area contributed by atoms with Crippen LogP contribution in [0.3, 0.4) is 0 Å². The molecule has 0 saturated carbocycles. The van der Waals surface area contributed by atoms with E-state index in [1.807, 2.05) is 55.8 Å². The van der Waals surface area contributed by atoms with Gasteiger partial charge < -0.3 is 10.0 Å². The van der Waals surface area contributed by atoms with Gasteiger partial charge in [0, 0.05) is 25.3 Å². The lowest BCUT2D eigenvalue weighted by Gasteiger charge is -2.39. The van der Waals surface area contributed by atoms with Crippen LogP contribution >= 0.6 is 0 Å². The second kappa shape index (κ2) is 6.94. The third-order valence-electron chi connectivity index (χ3n) is 5.53. The number of carbonyl (C=O) groups excluding carboxylic acids is 1. The molecule has 1 fully saturated rings. The molecule has 6 nitrogen and oxygen atoms in total. The van der Waals surface area contributed by atoms with Crippen molar-refractivity contribution in [1.82, 2.24) is 14.7 Å². The molecule has 26 heavy (non-hydrogen) atoms. The van der Waals surface area contributed by atoms with E-state index in [1.165, 1.54) is 0 Å². The topological polar surface area (TPSA) is 75.4 Å². The summed E-state index contributed by atoms with van der Waals surface area (Å²) in [6.45, 7) is 7.33. The minimum Gasteiger partial charge on any atom is -0.481 e. The Labute approximate surface area is 153 Å². The Hall–Kier alpha value is -2.63. The fraction of sp³-hybridized carbons (Fsp3) is 0.450. The zero-order valence-corrected chi connectivity index (χ0v) is 15.5. The van der Waals surface area contributed by atoms with Crippen LogP contribution < -0.4 is 0 Å². The van der Waals surface area contributed by atoms with E-state index in [4.69, 9.17) is 0 Å². The first kappa shape index (κ1) is 18.2. The van der Waals surface area contributed by atoms with Gasteiger partial charge in [-0.25, -0.2) is 0 Å². The zero-order valence-electron chi connectivity index (χ0n) is 15.5. The first-order chi connectivity index (χ1) is 12.4. The first-order valence-corrected chi connectivity index (χ1v) is 9.03. The molecule has 0 atom stereocenters. The molecule has 138 valence electrons. The van der Waals surface area contributed by atoms with E-state index in [0.717, 1.165) is 23.5 Å². The Morgan fingerprint density at radius 1 is 1.15 bits per heavy atom. The molecule has 0 aliphatic carbocycles. The maximum atomic E-state index is 13.0. The number of amides is 1. The zero-order chi connectivity index (χ0) is 18.9. The number of nitrogens with zero attached hydrogens (tertiary/aromatic N) is 3. The largest absolute Gasteiger partial charge is 0.481 e. The molecule has 1 N–H and O–H groups in total. The Morgan fingerprint density at radius 3 is 2.27 bits per heavy atom. The molecule has 2 heterocycles. The number of piperidine rings is 1. The summed E-state index contributed by atoms with van der Waals surface area (Å²) >= 11 is 0. The SMILES string of the molecule is CCn1nc(C)c(C(=O)N2CCC(C(=O)O)(c3ccccc3)CC2)c1C. The van der Waals surface area contributed by atoms with E-state index < -0.39 is 11.4 Å². The molecular weight excluding hydrogens is 330 g/mol. The molecule has 0 radical (unpaired) electrons. The van der Waals surface area contributed by atoms with Crippen LogP contribution in [0.1, 0.15) is 47.1 Å². The smallest absolute Gasteiger partial charge is 0.314 e. The molecule has 1 aromatic carbocycles. The van der Waals surface area contributed by atoms with Crippen LogP contribution in [-0.4, -0.2) is 44.8 Å². The van der Waals surface area contributed by atoms with Gasteiger partial charge in [-0.2, -0.15) is 5.10 Å². The first-order valence-electron chi connectivity index (χ1n) is 9.03. The molecule has 1 amide bonds. The van der Waals surface area contributed by atoms with Gasteiger partial charge in [0.05, 0.1) is 16.7 Å². The van der Waals surface area contributed by atoms with E-state index in [-0.39, 0.29) is 5.91 Å². The average Bonchev–Trinajstić information content (AvgIpc) is 2.95. The number of aliphatic carboxylic acids is 1. The predicted molar refractivity (Wildman–Crippen MR) is 98.3 cm³/mol. The van der Waals surface area contributed by atoms with Gasteiger partial charge in [-0.1, -0.05) is 30.3 Å². The van der Waals surface area contributed by atoms with Gasteiger partial charge >= 0.3 is 5.97 Å². The van der Waals surface area contributed by atoms with Crippen molar-refractivity contribution in [2.45, 2.75) is 45.6 Å². The fourth-order valence-corrected chi connectivity index (χ4v) is 3.95. The highest BCUT2D eigenvalue weighted by molar-refractivity contribution is 5.96. The maximum Gasteiger partial charge on any atom is 0.314 e. The van der Waals surface area contributed by atoms with Gasteiger partial charge in [0.15, 0.2) is 0 Å². The second-order valence-corrected chi connectivity index (χ2v) is 6.91. The summed E-state index contributed by atoms with van der Waals surface area (Å²) in [5.74, 6) is -0.867. The van der Waals surface area contributed by atoms with Crippen molar-refractivity contribution < 1.29 is 14.7 Å². The summed E-state index contributed by atoms with van der Waals surface area (Å²) in [5.41, 5.74) is 2.14. The summed E-state index contributed by atoms with van der Waals surface area (Å²) in [6.07, 6.45) is 0.830. The Morgan fingerprint density at radius 2 is 1.77 bits per heavy atom. The second-order valence-electron chi connectivity index (χ2n) is 6.91. The van der Waals surface area contributed by atoms with E-state index in [1.54, 1.807) is 4.90 Å². The van der Waals surface area contributed by atoms with Crippen molar-refractivity contribution in [3.8, 4) is 0 Å². The molecule has 2 aromatic rings. The number of benzene rings is 1. The van der Waals surface area contributed by atoms with Gasteiger partial charge in [-0.3, -0.25) is 14.3 Å². The van der Waals surface area contributed by atoms with E-state index in [2.05, 4.69) is 5.10 Å². The van der Waals surface area contributed by atoms with Crippen LogP contribution in [0, 0.1) is 13.8 Å². The van der Waals surface area contributed by atoms with Crippen molar-refractivity contribution in [2.75, 3.05) is 13.1 Å². The molecular formula is C20H25N3O3. The highest BCUT2D eigenvalue weighted by atomic mass is 16.4. The summed E-state index contributed by atoms with van der Waals surface area (Å²) in [7, 11) is 0. The van der Waals surface area contributed by atoms with Crippen LogP contribution in [0.5, 0.6) is 0 Å². The molecule has 3 rings (SSSR count). The number of carbonyl (C=O) groups is 2. The third kappa shape index (κ3) is 2.89. The summed E-state index contributed by atoms with van der Waals surface area (Å²) in [5, 5.41) is 14.3. The maximum absolute atomic E-state index is 13.0. The Bertz CT molecular complexity index is 818. The fourth-order valence-electron chi connectivity index (χ4n) is 3.95. The normalized spacial score (nSPS) is 16.5. The number of hydrogen-bond donors (Lipinski definition) is 1. The Balaban J connectivity index is 1.83. The minimum atomic E-state index is -0.921. The molecule has 1 saturated heterocycles. The number of carboxylic acids is 1. The monoisotopic (exact) mass is 355 g/mol. The van der Waals surface area contributed by atoms with Crippen molar-refractivity contribution in [1.29, 1.82) is 0 Å². The lowest BCUT2D eigenvalue weighted by Crippen LogP contribution is -2.49. The molecule has 1 aliphatic heterocycles. The molecule has 0 unspecified atom stereocenters. The molecule has 0 spiro atoms. The van der Waals surface area contributed by atoms with Gasteiger partial charge in [0.1, 0.15) is 0 Å². The van der Waals surface area contributed by atoms with E-state index >= 15 is 0 Å². The van der Waals surface area contributed by atoms with Gasteiger partial charge in [-0.15, -0.1) is 0 Å². The van der Waals surface area contributed by atoms with Crippen LogP contribution in [0.4, 0.5) is 0 Å². The molecule has 6 heteroatoms. The lowest BCUT2D eigenvalue weighted by molar-refractivity contribution is -0.145. The standard InChI is InChI=1S/C20H25N3O3/c1-4-23-15(3)17(14(2)21-23)18(24)22-12-10-20(11-13-22,19(25)26)16-8-6-5-7-9-16/h5-9H,4,10-13H2,1-3H3,(H,25,26). The van der Waals surface area contributed by atoms with Gasteiger partial charge in [-0.05, 0) is 39.2 Å². The van der Waals surface area contributed by atoms with Crippen LogP contribution in [-0.2, 0) is 16.8 Å². The van der Waals surface area contributed by atoms with Crippen molar-refractivity contribution in [3.63, 3.8) is 0 Å². The number of carboxylic acid groups (broad SMARTS) is 1. The van der Waals surface area contributed by atoms with Crippen LogP contribution in [0.25, 0.3) is 0 Å². The lowest BCUT2D eigenvalue weighted by atomic mass is 9.72. The summed E-state index contributed by atoms with van der Waals surface area (Å²) in [4.78, 5) is 26.8. The number of likely N-dealkylation sites (tertiary alicyclic amines) is 1. The van der Waals surface area contributed by atoms with Crippen molar-refractivity contribution in [3.05, 3.63) is 52.8 Å². The summed E-state index contributed by atoms with van der Waals surface area (Å²) < 4.78 is 1.83. The highest BCUT2D eigenvalue weighted by Crippen LogP contribution is 2.36. The number of hydrogen-bond acceptors (Lipinski definition) is 3. The van der Waals surface area contributed by atoms with Gasteiger partial charge in [0.2, 0.25) is 0 Å². The quantitative estimate of drug-likeness (QED) is 0.915. The molecule has 0 bridgehead atoms. The Kier molecular flexibility index (Phi) is 4.85. The average molecular weight is 355 g/mol. The van der Waals surface area contributed by atoms with Crippen molar-refractivity contribution in [2.24, 2.45) is 0 Å².